The molecule has 1 aliphatic rings. The lowest BCUT2D eigenvalue weighted by Crippen LogP contribution is -2.03. The highest BCUT2D eigenvalue weighted by atomic mass is 35.5. The van der Waals surface area contributed by atoms with Gasteiger partial charge in [-0.15, -0.1) is 11.3 Å². The van der Waals surface area contributed by atoms with Gasteiger partial charge >= 0.3 is 5.97 Å². The van der Waals surface area contributed by atoms with E-state index in [0.717, 1.165) is 9.90 Å². The molecule has 0 saturated heterocycles. The van der Waals surface area contributed by atoms with Crippen LogP contribution in [0.5, 0.6) is 0 Å². The second-order valence-electron chi connectivity index (χ2n) is 4.26. The monoisotopic (exact) mass is 230 g/mol. The van der Waals surface area contributed by atoms with Gasteiger partial charge in [0.1, 0.15) is 0 Å². The lowest BCUT2D eigenvalue weighted by atomic mass is 10.1. The van der Waals surface area contributed by atoms with Crippen molar-refractivity contribution in [3.63, 3.8) is 0 Å². The topological polar surface area (TPSA) is 37.3 Å². The molecule has 1 N–H and O–H groups in total. The van der Waals surface area contributed by atoms with E-state index in [1.807, 2.05) is 25.3 Å². The van der Waals surface area contributed by atoms with E-state index in [9.17, 15) is 4.79 Å². The largest absolute Gasteiger partial charge is 0.481 e. The molecular weight excluding hydrogens is 220 g/mol. The highest BCUT2D eigenvalue weighted by molar-refractivity contribution is 7.14. The molecule has 1 fully saturated rings. The van der Waals surface area contributed by atoms with E-state index < -0.39 is 5.97 Å². The van der Waals surface area contributed by atoms with Crippen molar-refractivity contribution in [2.75, 3.05) is 0 Å². The summed E-state index contributed by atoms with van der Waals surface area (Å²) in [5.41, 5.74) is 0.838. The Kier molecular flexibility index (Phi) is 2.12. The molecule has 1 saturated carbocycles. The molecule has 2 atom stereocenters. The van der Waals surface area contributed by atoms with Crippen LogP contribution in [0.25, 0.3) is 0 Å². The average molecular weight is 231 g/mol. The van der Waals surface area contributed by atoms with Crippen LogP contribution in [0.4, 0.5) is 0 Å². The molecule has 0 aromatic carbocycles. The van der Waals surface area contributed by atoms with Gasteiger partial charge in [-0.05, 0) is 22.4 Å². The van der Waals surface area contributed by atoms with E-state index in [2.05, 4.69) is 0 Å². The standard InChI is InChI=1S/C10H11ClO2S/c1-10(2)6(7(10)9(12)13)5-3-4-14-8(5)11/h3-4,6-7H,1-2H3,(H,12,13). The van der Waals surface area contributed by atoms with Crippen LogP contribution in [0, 0.1) is 11.3 Å². The second kappa shape index (κ2) is 2.97. The summed E-state index contributed by atoms with van der Waals surface area (Å²) in [5, 5.41) is 10.9. The predicted octanol–water partition coefficient (Wildman–Crippen LogP) is 3.23. The first kappa shape index (κ1) is 9.99. The Balaban J connectivity index is 2.32. The quantitative estimate of drug-likeness (QED) is 0.847. The molecule has 4 heteroatoms. The van der Waals surface area contributed by atoms with Crippen molar-refractivity contribution in [1.82, 2.24) is 0 Å². The predicted molar refractivity (Wildman–Crippen MR) is 57.0 cm³/mol. The van der Waals surface area contributed by atoms with Gasteiger partial charge in [0, 0.05) is 5.92 Å². The van der Waals surface area contributed by atoms with Crippen molar-refractivity contribution < 1.29 is 9.90 Å². The van der Waals surface area contributed by atoms with Crippen molar-refractivity contribution in [3.05, 3.63) is 21.3 Å². The highest BCUT2D eigenvalue weighted by Gasteiger charge is 2.63. The van der Waals surface area contributed by atoms with Crippen molar-refractivity contribution >= 4 is 28.9 Å². The maximum Gasteiger partial charge on any atom is 0.307 e. The summed E-state index contributed by atoms with van der Waals surface area (Å²) in [5.74, 6) is -0.921. The fraction of sp³-hybridized carbons (Fsp3) is 0.500. The van der Waals surface area contributed by atoms with Gasteiger partial charge in [0.25, 0.3) is 0 Å². The Morgan fingerprint density at radius 2 is 2.29 bits per heavy atom. The van der Waals surface area contributed by atoms with Crippen LogP contribution in [0.3, 0.4) is 0 Å². The van der Waals surface area contributed by atoms with E-state index in [1.54, 1.807) is 0 Å². The molecule has 2 unspecified atom stereocenters. The van der Waals surface area contributed by atoms with Crippen LogP contribution in [-0.2, 0) is 4.79 Å². The molecule has 0 radical (unpaired) electrons. The van der Waals surface area contributed by atoms with E-state index >= 15 is 0 Å². The zero-order valence-electron chi connectivity index (χ0n) is 7.95. The molecule has 1 aromatic rings. The smallest absolute Gasteiger partial charge is 0.307 e. The van der Waals surface area contributed by atoms with Gasteiger partial charge in [-0.3, -0.25) is 4.79 Å². The molecule has 0 aliphatic heterocycles. The first-order valence-corrected chi connectivity index (χ1v) is 5.67. The van der Waals surface area contributed by atoms with Gasteiger partial charge in [-0.25, -0.2) is 0 Å². The lowest BCUT2D eigenvalue weighted by molar-refractivity contribution is -0.139. The first-order chi connectivity index (χ1) is 6.46. The maximum atomic E-state index is 11.0. The number of carboxylic acids is 1. The lowest BCUT2D eigenvalue weighted by Gasteiger charge is -1.99. The summed E-state index contributed by atoms with van der Waals surface area (Å²) >= 11 is 7.46. The molecule has 1 heterocycles. The number of hydrogen-bond acceptors (Lipinski definition) is 2. The molecule has 0 bridgehead atoms. The second-order valence-corrected chi connectivity index (χ2v) is 5.78. The number of rotatable bonds is 2. The highest BCUT2D eigenvalue weighted by Crippen LogP contribution is 2.65. The summed E-state index contributed by atoms with van der Waals surface area (Å²) in [4.78, 5) is 11.0. The minimum atomic E-state index is -0.720. The number of carbonyl (C=O) groups is 1. The fourth-order valence-electron chi connectivity index (χ4n) is 2.21. The minimum Gasteiger partial charge on any atom is -0.481 e. The molecule has 1 aromatic heterocycles. The van der Waals surface area contributed by atoms with Gasteiger partial charge in [-0.1, -0.05) is 25.4 Å². The molecular formula is C10H11ClO2S. The Hall–Kier alpha value is -0.540. The third-order valence-corrected chi connectivity index (χ3v) is 4.27. The van der Waals surface area contributed by atoms with Gasteiger partial charge < -0.3 is 5.11 Å². The van der Waals surface area contributed by atoms with Crippen LogP contribution in [-0.4, -0.2) is 11.1 Å². The Morgan fingerprint density at radius 1 is 1.64 bits per heavy atom. The summed E-state index contributed by atoms with van der Waals surface area (Å²) in [7, 11) is 0. The van der Waals surface area contributed by atoms with Crippen molar-refractivity contribution in [1.29, 1.82) is 0 Å². The van der Waals surface area contributed by atoms with E-state index in [-0.39, 0.29) is 17.3 Å². The van der Waals surface area contributed by atoms with E-state index in [0.29, 0.717) is 0 Å². The Bertz CT molecular complexity index is 383. The normalized spacial score (nSPS) is 28.8. The van der Waals surface area contributed by atoms with Crippen molar-refractivity contribution in [3.8, 4) is 0 Å². The van der Waals surface area contributed by atoms with Gasteiger partial charge in [0.2, 0.25) is 0 Å². The third kappa shape index (κ3) is 1.27. The van der Waals surface area contributed by atoms with Crippen LogP contribution in [0.15, 0.2) is 11.4 Å². The van der Waals surface area contributed by atoms with E-state index in [4.69, 9.17) is 16.7 Å². The zero-order valence-corrected chi connectivity index (χ0v) is 9.52. The minimum absolute atomic E-state index is 0.0822. The number of hydrogen-bond donors (Lipinski definition) is 1. The summed E-state index contributed by atoms with van der Waals surface area (Å²) < 4.78 is 0.729. The SMILES string of the molecule is CC1(C)C(C(=O)O)C1c1ccsc1Cl. The Morgan fingerprint density at radius 3 is 2.64 bits per heavy atom. The summed E-state index contributed by atoms with van der Waals surface area (Å²) in [6, 6.07) is 1.93. The van der Waals surface area contributed by atoms with Gasteiger partial charge in [-0.2, -0.15) is 0 Å². The van der Waals surface area contributed by atoms with Crippen LogP contribution < -0.4 is 0 Å². The van der Waals surface area contributed by atoms with Crippen molar-refractivity contribution in [2.24, 2.45) is 11.3 Å². The first-order valence-electron chi connectivity index (χ1n) is 4.42. The van der Waals surface area contributed by atoms with E-state index in [1.165, 1.54) is 11.3 Å². The molecule has 1 aliphatic carbocycles. The molecule has 14 heavy (non-hydrogen) atoms. The van der Waals surface area contributed by atoms with Gasteiger partial charge in [0.05, 0.1) is 10.3 Å². The summed E-state index contributed by atoms with van der Waals surface area (Å²) in [6.07, 6.45) is 0. The maximum absolute atomic E-state index is 11.0. The number of aliphatic carboxylic acids is 1. The van der Waals surface area contributed by atoms with Crippen molar-refractivity contribution in [2.45, 2.75) is 19.8 Å². The molecule has 76 valence electrons. The molecule has 0 amide bonds. The third-order valence-electron chi connectivity index (χ3n) is 3.07. The van der Waals surface area contributed by atoms with Gasteiger partial charge in [0.15, 0.2) is 0 Å². The number of thiophene rings is 1. The average Bonchev–Trinajstić information content (AvgIpc) is 2.42. The van der Waals surface area contributed by atoms with Crippen LogP contribution in [0.1, 0.15) is 25.3 Å². The molecule has 0 spiro atoms. The Labute approximate surface area is 91.5 Å². The number of halogens is 1. The fourth-order valence-corrected chi connectivity index (χ4v) is 3.21. The number of carboxylic acid groups (broad SMARTS) is 1. The summed E-state index contributed by atoms with van der Waals surface area (Å²) in [6.45, 7) is 3.95. The zero-order chi connectivity index (χ0) is 10.5. The van der Waals surface area contributed by atoms with Crippen LogP contribution in [0.2, 0.25) is 4.34 Å². The van der Waals surface area contributed by atoms with Crippen LogP contribution >= 0.6 is 22.9 Å². The molecule has 2 nitrogen and oxygen atoms in total. The molecule has 2 rings (SSSR count).